The highest BCUT2D eigenvalue weighted by atomic mass is 79.9. The molecule has 1 fully saturated rings. The zero-order valence-corrected chi connectivity index (χ0v) is 12.9. The number of aliphatic hydroxyl groups excluding tert-OH is 1. The van der Waals surface area contributed by atoms with Crippen molar-refractivity contribution in [3.8, 4) is 5.75 Å². The largest absolute Gasteiger partial charge is 0.496 e. The van der Waals surface area contributed by atoms with E-state index in [2.05, 4.69) is 15.9 Å². The normalized spacial score (nSPS) is 20.7. The van der Waals surface area contributed by atoms with Gasteiger partial charge in [0.1, 0.15) is 5.75 Å². The van der Waals surface area contributed by atoms with Crippen LogP contribution in [0.1, 0.15) is 12.8 Å². The molecule has 0 amide bonds. The molecule has 7 heteroatoms. The second-order valence-electron chi connectivity index (χ2n) is 4.39. The predicted molar refractivity (Wildman–Crippen MR) is 74.7 cm³/mol. The minimum atomic E-state index is -3.56. The molecule has 19 heavy (non-hydrogen) atoms. The highest BCUT2D eigenvalue weighted by molar-refractivity contribution is 9.10. The van der Waals surface area contributed by atoms with Crippen LogP contribution in [0.2, 0.25) is 0 Å². The number of ether oxygens (including phenoxy) is 1. The lowest BCUT2D eigenvalue weighted by molar-refractivity contribution is 0.213. The molecule has 1 aromatic carbocycles. The maximum Gasteiger partial charge on any atom is 0.243 e. The van der Waals surface area contributed by atoms with Gasteiger partial charge in [-0.25, -0.2) is 8.42 Å². The average Bonchev–Trinajstić information content (AvgIpc) is 2.87. The SMILES string of the molecule is COc1ccc(S(=O)(=O)N2CCC[C@@H]2CO)cc1Br. The van der Waals surface area contributed by atoms with E-state index in [1.807, 2.05) is 0 Å². The van der Waals surface area contributed by atoms with Crippen molar-refractivity contribution in [1.82, 2.24) is 4.31 Å². The third-order valence-corrected chi connectivity index (χ3v) is 5.83. The Kier molecular flexibility index (Phi) is 4.50. The first kappa shape index (κ1) is 14.8. The first-order valence-electron chi connectivity index (χ1n) is 5.97. The fourth-order valence-electron chi connectivity index (χ4n) is 2.25. The van der Waals surface area contributed by atoms with Crippen molar-refractivity contribution in [3.05, 3.63) is 22.7 Å². The highest BCUT2D eigenvalue weighted by Crippen LogP contribution is 2.31. The van der Waals surface area contributed by atoms with Crippen molar-refractivity contribution in [1.29, 1.82) is 0 Å². The number of methoxy groups -OCH3 is 1. The molecule has 0 radical (unpaired) electrons. The fraction of sp³-hybridized carbons (Fsp3) is 0.500. The van der Waals surface area contributed by atoms with Crippen LogP contribution in [-0.2, 0) is 10.0 Å². The van der Waals surface area contributed by atoms with E-state index >= 15 is 0 Å². The fourth-order valence-corrected chi connectivity index (χ4v) is 4.65. The van der Waals surface area contributed by atoms with Crippen LogP contribution in [0, 0.1) is 0 Å². The topological polar surface area (TPSA) is 66.8 Å². The Balaban J connectivity index is 2.37. The molecule has 1 N–H and O–H groups in total. The van der Waals surface area contributed by atoms with E-state index < -0.39 is 10.0 Å². The van der Waals surface area contributed by atoms with Gasteiger partial charge in [0.25, 0.3) is 0 Å². The van der Waals surface area contributed by atoms with E-state index in [0.717, 1.165) is 6.42 Å². The van der Waals surface area contributed by atoms with Gasteiger partial charge in [0, 0.05) is 12.6 Å². The Bertz CT molecular complexity index is 561. The Labute approximate surface area is 121 Å². The average molecular weight is 350 g/mol. The van der Waals surface area contributed by atoms with Crippen LogP contribution in [-0.4, -0.2) is 44.1 Å². The van der Waals surface area contributed by atoms with Crippen LogP contribution in [0.25, 0.3) is 0 Å². The number of nitrogens with zero attached hydrogens (tertiary/aromatic N) is 1. The summed E-state index contributed by atoms with van der Waals surface area (Å²) in [6.07, 6.45) is 1.48. The van der Waals surface area contributed by atoms with Crippen molar-refractivity contribution in [2.24, 2.45) is 0 Å². The molecule has 1 aliphatic heterocycles. The van der Waals surface area contributed by atoms with E-state index in [0.29, 0.717) is 23.2 Å². The second-order valence-corrected chi connectivity index (χ2v) is 7.14. The summed E-state index contributed by atoms with van der Waals surface area (Å²) in [5.41, 5.74) is 0. The number of rotatable bonds is 4. The highest BCUT2D eigenvalue weighted by Gasteiger charge is 2.34. The predicted octanol–water partition coefficient (Wildman–Crippen LogP) is 1.60. The molecule has 0 bridgehead atoms. The molecule has 106 valence electrons. The number of sulfonamides is 1. The smallest absolute Gasteiger partial charge is 0.243 e. The van der Waals surface area contributed by atoms with Gasteiger partial charge in [-0.3, -0.25) is 0 Å². The molecule has 1 aromatic rings. The lowest BCUT2D eigenvalue weighted by Gasteiger charge is -2.22. The number of benzene rings is 1. The van der Waals surface area contributed by atoms with Gasteiger partial charge in [-0.05, 0) is 47.0 Å². The van der Waals surface area contributed by atoms with E-state index in [4.69, 9.17) is 4.74 Å². The molecule has 1 aliphatic rings. The third kappa shape index (κ3) is 2.79. The summed E-state index contributed by atoms with van der Waals surface area (Å²) in [5.74, 6) is 0.582. The van der Waals surface area contributed by atoms with Crippen molar-refractivity contribution in [2.45, 2.75) is 23.8 Å². The van der Waals surface area contributed by atoms with E-state index in [1.54, 1.807) is 6.07 Å². The van der Waals surface area contributed by atoms with Gasteiger partial charge in [-0.15, -0.1) is 0 Å². The Morgan fingerprint density at radius 1 is 1.53 bits per heavy atom. The van der Waals surface area contributed by atoms with E-state index in [9.17, 15) is 13.5 Å². The minimum Gasteiger partial charge on any atom is -0.496 e. The molecule has 2 rings (SSSR count). The number of hydrogen-bond acceptors (Lipinski definition) is 4. The molecule has 0 spiro atoms. The zero-order chi connectivity index (χ0) is 14.0. The van der Waals surface area contributed by atoms with Gasteiger partial charge in [0.15, 0.2) is 0 Å². The van der Waals surface area contributed by atoms with Crippen molar-refractivity contribution >= 4 is 26.0 Å². The van der Waals surface area contributed by atoms with E-state index in [-0.39, 0.29) is 17.5 Å². The molecule has 1 atom stereocenters. The third-order valence-electron chi connectivity index (χ3n) is 3.26. The Morgan fingerprint density at radius 2 is 2.26 bits per heavy atom. The lowest BCUT2D eigenvalue weighted by atomic mass is 10.2. The number of aliphatic hydroxyl groups is 1. The summed E-state index contributed by atoms with van der Waals surface area (Å²) in [6, 6.07) is 4.35. The van der Waals surface area contributed by atoms with Crippen molar-refractivity contribution in [3.63, 3.8) is 0 Å². The summed E-state index contributed by atoms with van der Waals surface area (Å²) < 4.78 is 32.1. The maximum absolute atomic E-state index is 12.5. The van der Waals surface area contributed by atoms with Gasteiger partial charge < -0.3 is 9.84 Å². The summed E-state index contributed by atoms with van der Waals surface area (Å²) in [6.45, 7) is 0.313. The molecule has 1 saturated heterocycles. The Morgan fingerprint density at radius 3 is 2.84 bits per heavy atom. The van der Waals surface area contributed by atoms with Crippen LogP contribution in [0.3, 0.4) is 0 Å². The van der Waals surface area contributed by atoms with Gasteiger partial charge in [-0.2, -0.15) is 4.31 Å². The van der Waals surface area contributed by atoms with Gasteiger partial charge in [-0.1, -0.05) is 0 Å². The second kappa shape index (κ2) is 5.78. The van der Waals surface area contributed by atoms with Crippen LogP contribution in [0.15, 0.2) is 27.6 Å². The lowest BCUT2D eigenvalue weighted by Crippen LogP contribution is -2.37. The molecule has 5 nitrogen and oxygen atoms in total. The molecule has 1 heterocycles. The Hall–Kier alpha value is -0.630. The van der Waals surface area contributed by atoms with Crippen molar-refractivity contribution < 1.29 is 18.3 Å². The number of hydrogen-bond donors (Lipinski definition) is 1. The first-order valence-corrected chi connectivity index (χ1v) is 8.20. The monoisotopic (exact) mass is 349 g/mol. The quantitative estimate of drug-likeness (QED) is 0.896. The first-order chi connectivity index (χ1) is 9.00. The van der Waals surface area contributed by atoms with Crippen LogP contribution < -0.4 is 4.74 Å². The summed E-state index contributed by atoms with van der Waals surface area (Å²) in [4.78, 5) is 0.209. The van der Waals surface area contributed by atoms with Crippen LogP contribution >= 0.6 is 15.9 Å². The molecule has 0 aliphatic carbocycles. The minimum absolute atomic E-state index is 0.142. The standard InChI is InChI=1S/C12H16BrNO4S/c1-18-12-5-4-10(7-11(12)13)19(16,17)14-6-2-3-9(14)8-15/h4-5,7,9,15H,2-3,6,8H2,1H3/t9-/m1/s1. The van der Waals surface area contributed by atoms with E-state index in [1.165, 1.54) is 23.5 Å². The molecular formula is C12H16BrNO4S. The van der Waals surface area contributed by atoms with Gasteiger partial charge in [0.2, 0.25) is 10.0 Å². The van der Waals surface area contributed by atoms with Gasteiger partial charge in [0.05, 0.1) is 23.1 Å². The zero-order valence-electron chi connectivity index (χ0n) is 10.5. The summed E-state index contributed by atoms with van der Waals surface area (Å²) >= 11 is 3.28. The summed E-state index contributed by atoms with van der Waals surface area (Å²) in [7, 11) is -2.04. The molecule has 0 aromatic heterocycles. The van der Waals surface area contributed by atoms with Crippen LogP contribution in [0.5, 0.6) is 5.75 Å². The molecule has 0 saturated carbocycles. The van der Waals surface area contributed by atoms with Crippen molar-refractivity contribution in [2.75, 3.05) is 20.3 Å². The molecular weight excluding hydrogens is 334 g/mol. The maximum atomic E-state index is 12.5. The van der Waals surface area contributed by atoms with Crippen LogP contribution in [0.4, 0.5) is 0 Å². The number of halogens is 1. The summed E-state index contributed by atoms with van der Waals surface area (Å²) in [5, 5.41) is 9.25. The molecule has 0 unspecified atom stereocenters. The van der Waals surface area contributed by atoms with Gasteiger partial charge >= 0.3 is 0 Å².